The second kappa shape index (κ2) is 16.2. The number of hydrogen-bond donors (Lipinski definition) is 0. The van der Waals surface area contributed by atoms with Crippen molar-refractivity contribution in [2.75, 3.05) is 0 Å². The molecule has 67 heavy (non-hydrogen) atoms. The predicted octanol–water partition coefficient (Wildman–Crippen LogP) is 16.2. The molecule has 0 saturated heterocycles. The van der Waals surface area contributed by atoms with E-state index < -0.39 is 0 Å². The molecular weight excluding hydrogens is 1020 g/mol. The Labute approximate surface area is 401 Å². The van der Waals surface area contributed by atoms with Gasteiger partial charge in [-0.05, 0) is 23.8 Å². The number of imidazole rings is 1. The van der Waals surface area contributed by atoms with Crippen LogP contribution in [0.4, 0.5) is 0 Å². The van der Waals surface area contributed by atoms with E-state index in [1.54, 1.807) is 0 Å². The summed E-state index contributed by atoms with van der Waals surface area (Å²) in [5.41, 5.74) is 13.3. The zero-order chi connectivity index (χ0) is 44.4. The van der Waals surface area contributed by atoms with Crippen LogP contribution in [-0.4, -0.2) is 18.7 Å². The van der Waals surface area contributed by atoms with E-state index in [1.807, 2.05) is 23.6 Å². The van der Waals surface area contributed by atoms with E-state index in [-0.39, 0.29) is 0 Å². The second-order valence-electron chi connectivity index (χ2n) is 16.7. The summed E-state index contributed by atoms with van der Waals surface area (Å²) >= 11 is 4.34. The van der Waals surface area contributed by atoms with Crippen LogP contribution >= 0.6 is 11.3 Å². The first-order valence-corrected chi connectivity index (χ1v) is 24.2. The van der Waals surface area contributed by atoms with Gasteiger partial charge in [-0.2, -0.15) is 0 Å². The fourth-order valence-electron chi connectivity index (χ4n) is 9.73. The van der Waals surface area contributed by atoms with E-state index in [4.69, 9.17) is 9.72 Å². The van der Waals surface area contributed by atoms with Crippen LogP contribution in [0.25, 0.3) is 104 Å². The molecule has 13 rings (SSSR count). The number of aromatic nitrogens is 4. The Bertz CT molecular complexity index is 4030. The van der Waals surface area contributed by atoms with Gasteiger partial charge >= 0.3 is 294 Å². The van der Waals surface area contributed by atoms with Gasteiger partial charge in [-0.3, -0.25) is 0 Å². The second-order valence-corrected chi connectivity index (χ2v) is 18.8. The van der Waals surface area contributed by atoms with Crippen molar-refractivity contribution in [1.29, 1.82) is 0 Å². The summed E-state index contributed by atoms with van der Waals surface area (Å²) in [4.78, 5) is 5.10. The van der Waals surface area contributed by atoms with Gasteiger partial charge in [0.05, 0.1) is 0 Å². The van der Waals surface area contributed by atoms with Crippen LogP contribution in [0.15, 0.2) is 231 Å². The molecule has 0 unspecified atom stereocenters. The Balaban J connectivity index is 0.886. The van der Waals surface area contributed by atoms with Crippen LogP contribution in [0.1, 0.15) is 0 Å². The Kier molecular flexibility index (Phi) is 9.55. The number of rotatable bonds is 8. The molecule has 0 aliphatic carbocycles. The van der Waals surface area contributed by atoms with Gasteiger partial charge in [0.2, 0.25) is 0 Å². The van der Waals surface area contributed by atoms with E-state index in [1.165, 1.54) is 25.6 Å². The van der Waals surface area contributed by atoms with E-state index in [9.17, 15) is 0 Å². The quantitative estimate of drug-likeness (QED) is 0.152. The first kappa shape index (κ1) is 39.5. The molecule has 0 bridgehead atoms. The minimum absolute atomic E-state index is 0.743. The molecule has 320 valence electrons. The topological polar surface area (TPSA) is 36.9 Å². The van der Waals surface area contributed by atoms with Gasteiger partial charge in [0.1, 0.15) is 0 Å². The van der Waals surface area contributed by atoms with Crippen LogP contribution in [0.5, 0.6) is 11.5 Å². The molecule has 13 aromatic rings. The molecule has 0 aliphatic rings. The fraction of sp³-hybridized carbons (Fsp3) is 0. The molecule has 0 aliphatic heterocycles. The summed E-state index contributed by atoms with van der Waals surface area (Å²) in [5, 5.41) is 4.91. The van der Waals surface area contributed by atoms with Gasteiger partial charge in [0.25, 0.3) is 0 Å². The molecule has 0 atom stereocenters. The third kappa shape index (κ3) is 6.71. The molecule has 0 saturated carbocycles. The molecule has 0 spiro atoms. The van der Waals surface area contributed by atoms with Gasteiger partial charge in [-0.1, -0.05) is 42.5 Å². The zero-order valence-electron chi connectivity index (χ0n) is 35.9. The number of para-hydroxylation sites is 4. The monoisotopic (exact) mass is 1060 g/mol. The Morgan fingerprint density at radius 3 is 1.73 bits per heavy atom. The molecule has 9 aromatic carbocycles. The van der Waals surface area contributed by atoms with Crippen molar-refractivity contribution in [2.24, 2.45) is 0 Å². The summed E-state index contributed by atoms with van der Waals surface area (Å²) in [6, 6.07) is 79.7. The van der Waals surface area contributed by atoms with E-state index in [2.05, 4.69) is 251 Å². The van der Waals surface area contributed by atoms with Crippen molar-refractivity contribution in [3.05, 3.63) is 234 Å². The number of benzene rings is 9. The maximum atomic E-state index is 6.81. The third-order valence-corrected chi connectivity index (χ3v) is 14.9. The van der Waals surface area contributed by atoms with Crippen molar-refractivity contribution in [1.82, 2.24) is 18.7 Å². The van der Waals surface area contributed by atoms with Gasteiger partial charge in [0.15, 0.2) is 0 Å². The number of pyridine rings is 1. The van der Waals surface area contributed by atoms with E-state index in [0.717, 1.165) is 93.3 Å². The number of hydrogen-bond acceptors (Lipinski definition) is 3. The summed E-state index contributed by atoms with van der Waals surface area (Å²) in [7, 11) is 0. The number of ether oxygens (including phenoxy) is 1. The molecule has 4 aromatic heterocycles. The van der Waals surface area contributed by atoms with Crippen molar-refractivity contribution in [2.45, 2.75) is 0 Å². The molecule has 0 fully saturated rings. The minimum atomic E-state index is 0.743. The molecule has 0 amide bonds. The molecule has 7 heteroatoms. The SMILES string of the molecule is [Pt]=[c]1n(-c2cccc(Oc3ccc4c5ccccc5n(-c5ccc(-c6ccc7c(c6)sc6ccccc67)cn5)c4c3)c2)c2ccccc2n1-c1c(-c2ccccc2)cccc1-c1ccccc1. The Hall–Kier alpha value is -7.89. The van der Waals surface area contributed by atoms with Gasteiger partial charge in [-0.25, -0.2) is 0 Å². The standard InChI is InChI=1S/C60H38N4OS.Pt/c1-3-15-40(16-4-1)47-23-14-24-48(41-17-5-2-6-18-41)60(47)63-39-62(54-26-10-11-27-55(54)63)44-19-13-20-45(36-44)65-46-31-33-50-49-21-7-9-25-53(49)64(56(50)37-46)59-34-30-43(38-61-59)42-29-32-52-51-22-8-12-28-57(51)66-58(52)35-42;/h1-38H;. The molecule has 0 N–H and O–H groups in total. The van der Waals surface area contributed by atoms with Crippen molar-refractivity contribution >= 4 is 64.3 Å². The average molecular weight is 1060 g/mol. The maximum absolute atomic E-state index is 6.81. The fourth-order valence-corrected chi connectivity index (χ4v) is 12.0. The van der Waals surface area contributed by atoms with Crippen LogP contribution < -0.4 is 4.74 Å². The average Bonchev–Trinajstić information content (AvgIpc) is 4.03. The van der Waals surface area contributed by atoms with Crippen LogP contribution in [0, 0.1) is 3.80 Å². The summed E-state index contributed by atoms with van der Waals surface area (Å²) in [5.74, 6) is 2.34. The summed E-state index contributed by atoms with van der Waals surface area (Å²) in [6.45, 7) is 0. The van der Waals surface area contributed by atoms with Gasteiger partial charge in [-0.15, -0.1) is 11.3 Å². The van der Waals surface area contributed by atoms with Gasteiger partial charge < -0.3 is 0 Å². The van der Waals surface area contributed by atoms with Crippen LogP contribution in [0.2, 0.25) is 0 Å². The van der Waals surface area contributed by atoms with Crippen molar-refractivity contribution < 1.29 is 24.1 Å². The molecule has 0 radical (unpaired) electrons. The number of thiophene rings is 1. The van der Waals surface area contributed by atoms with Crippen LogP contribution in [-0.2, 0) is 19.4 Å². The van der Waals surface area contributed by atoms with Gasteiger partial charge in [0, 0.05) is 31.9 Å². The third-order valence-electron chi connectivity index (χ3n) is 12.8. The Morgan fingerprint density at radius 2 is 0.985 bits per heavy atom. The molecule has 5 nitrogen and oxygen atoms in total. The molecular formula is C60H38N4OPtS. The van der Waals surface area contributed by atoms with E-state index in [0.29, 0.717) is 0 Å². The Morgan fingerprint density at radius 1 is 0.388 bits per heavy atom. The van der Waals surface area contributed by atoms with Crippen molar-refractivity contribution in [3.63, 3.8) is 0 Å². The summed E-state index contributed by atoms with van der Waals surface area (Å²) < 4.78 is 17.4. The van der Waals surface area contributed by atoms with Crippen LogP contribution in [0.3, 0.4) is 0 Å². The summed E-state index contributed by atoms with van der Waals surface area (Å²) in [6.07, 6.45) is 2.00. The number of nitrogens with zero attached hydrogens (tertiary/aromatic N) is 4. The normalized spacial score (nSPS) is 11.7. The predicted molar refractivity (Wildman–Crippen MR) is 274 cm³/mol. The zero-order valence-corrected chi connectivity index (χ0v) is 38.9. The first-order chi connectivity index (χ1) is 33.1. The molecule has 4 heterocycles. The van der Waals surface area contributed by atoms with E-state index >= 15 is 0 Å². The number of fused-ring (bicyclic) bond motifs is 7. The van der Waals surface area contributed by atoms with Crippen molar-refractivity contribution in [3.8, 4) is 62.1 Å². The first-order valence-electron chi connectivity index (χ1n) is 22.3.